The fourth-order valence-electron chi connectivity index (χ4n) is 3.63. The van der Waals surface area contributed by atoms with Crippen LogP contribution in [-0.2, 0) is 4.79 Å². The van der Waals surface area contributed by atoms with Gasteiger partial charge in [0.1, 0.15) is 5.82 Å². The van der Waals surface area contributed by atoms with Crippen molar-refractivity contribution in [1.29, 1.82) is 0 Å². The molecule has 0 saturated heterocycles. The van der Waals surface area contributed by atoms with Crippen LogP contribution in [0.25, 0.3) is 10.8 Å². The second kappa shape index (κ2) is 10.8. The molecular formula is C27H20ClFN2O4S. The predicted octanol–water partition coefficient (Wildman–Crippen LogP) is 6.70. The van der Waals surface area contributed by atoms with E-state index in [9.17, 15) is 23.9 Å². The highest BCUT2D eigenvalue weighted by molar-refractivity contribution is 8.00. The van der Waals surface area contributed by atoms with Gasteiger partial charge in [-0.05, 0) is 60.8 Å². The lowest BCUT2D eigenvalue weighted by Crippen LogP contribution is -2.22. The van der Waals surface area contributed by atoms with Crippen molar-refractivity contribution in [2.75, 3.05) is 10.6 Å². The Morgan fingerprint density at radius 3 is 2.25 bits per heavy atom. The van der Waals surface area contributed by atoms with Gasteiger partial charge >= 0.3 is 5.97 Å². The van der Waals surface area contributed by atoms with E-state index >= 15 is 0 Å². The Morgan fingerprint density at radius 2 is 1.56 bits per heavy atom. The number of hydrogen-bond donors (Lipinski definition) is 3. The minimum absolute atomic E-state index is 0.0461. The first-order chi connectivity index (χ1) is 17.2. The van der Waals surface area contributed by atoms with Crippen LogP contribution in [0.1, 0.15) is 27.6 Å². The molecule has 0 aliphatic rings. The molecule has 0 heterocycles. The summed E-state index contributed by atoms with van der Waals surface area (Å²) < 4.78 is 13.3. The lowest BCUT2D eigenvalue weighted by Gasteiger charge is -2.14. The molecule has 0 radical (unpaired) electrons. The molecule has 182 valence electrons. The molecule has 36 heavy (non-hydrogen) atoms. The second-order valence-corrected chi connectivity index (χ2v) is 9.70. The van der Waals surface area contributed by atoms with Crippen molar-refractivity contribution in [2.45, 2.75) is 17.1 Å². The van der Waals surface area contributed by atoms with Crippen molar-refractivity contribution in [3.05, 3.63) is 101 Å². The van der Waals surface area contributed by atoms with E-state index < -0.39 is 22.9 Å². The third-order valence-corrected chi connectivity index (χ3v) is 6.72. The maximum Gasteiger partial charge on any atom is 0.336 e. The number of rotatable bonds is 7. The topological polar surface area (TPSA) is 95.5 Å². The zero-order chi connectivity index (χ0) is 25.8. The SMILES string of the molecule is CC(Sc1cccc(NC(=O)c2cccc3cccc(C(=O)O)c23)c1)C(=O)Nc1ccc(F)c(Cl)c1. The van der Waals surface area contributed by atoms with Crippen LogP contribution in [0.3, 0.4) is 0 Å². The number of carboxylic acid groups (broad SMARTS) is 1. The van der Waals surface area contributed by atoms with Crippen molar-refractivity contribution < 1.29 is 23.9 Å². The van der Waals surface area contributed by atoms with Gasteiger partial charge in [-0.15, -0.1) is 11.8 Å². The maximum atomic E-state index is 13.3. The monoisotopic (exact) mass is 522 g/mol. The van der Waals surface area contributed by atoms with E-state index in [4.69, 9.17) is 11.6 Å². The van der Waals surface area contributed by atoms with Crippen molar-refractivity contribution in [3.8, 4) is 0 Å². The van der Waals surface area contributed by atoms with E-state index in [1.165, 1.54) is 36.0 Å². The Hall–Kier alpha value is -3.88. The first kappa shape index (κ1) is 25.2. The zero-order valence-electron chi connectivity index (χ0n) is 18.9. The largest absolute Gasteiger partial charge is 0.478 e. The minimum atomic E-state index is -1.12. The van der Waals surface area contributed by atoms with E-state index in [2.05, 4.69) is 10.6 Å². The van der Waals surface area contributed by atoms with Crippen LogP contribution < -0.4 is 10.6 Å². The fraction of sp³-hybridized carbons (Fsp3) is 0.0741. The van der Waals surface area contributed by atoms with Gasteiger partial charge in [-0.3, -0.25) is 9.59 Å². The Bertz CT molecular complexity index is 1490. The van der Waals surface area contributed by atoms with E-state index in [1.807, 2.05) is 0 Å². The summed E-state index contributed by atoms with van der Waals surface area (Å²) in [5, 5.41) is 15.5. The molecule has 3 N–H and O–H groups in total. The van der Waals surface area contributed by atoms with Crippen LogP contribution in [-0.4, -0.2) is 28.1 Å². The minimum Gasteiger partial charge on any atom is -0.478 e. The number of halogens is 2. The van der Waals surface area contributed by atoms with Crippen molar-refractivity contribution in [1.82, 2.24) is 0 Å². The number of carbonyl (C=O) groups is 3. The average molecular weight is 523 g/mol. The van der Waals surface area contributed by atoms with E-state index in [0.29, 0.717) is 22.1 Å². The Kier molecular flexibility index (Phi) is 7.57. The predicted molar refractivity (Wildman–Crippen MR) is 141 cm³/mol. The smallest absolute Gasteiger partial charge is 0.336 e. The standard InChI is InChI=1S/C27H20ClFN2O4S/c1-15(25(32)30-18-11-12-23(29)22(28)14-18)36-19-8-4-7-17(13-19)31-26(33)20-9-2-5-16-6-3-10-21(24(16)20)27(34)35/h2-15H,1H3,(H,30,32)(H,31,33)(H,34,35). The number of nitrogens with one attached hydrogen (secondary N) is 2. The molecular weight excluding hydrogens is 503 g/mol. The van der Waals surface area contributed by atoms with Gasteiger partial charge in [0.25, 0.3) is 5.91 Å². The molecule has 1 atom stereocenters. The third-order valence-electron chi connectivity index (χ3n) is 5.34. The molecule has 4 aromatic carbocycles. The molecule has 0 saturated carbocycles. The van der Waals surface area contributed by atoms with E-state index in [0.717, 1.165) is 4.90 Å². The van der Waals surface area contributed by atoms with Crippen molar-refractivity contribution >= 4 is 63.3 Å². The Morgan fingerprint density at radius 1 is 0.889 bits per heavy atom. The number of fused-ring (bicyclic) bond motifs is 1. The number of carbonyl (C=O) groups excluding carboxylic acids is 2. The van der Waals surface area contributed by atoms with Gasteiger partial charge in [0.05, 0.1) is 15.8 Å². The third kappa shape index (κ3) is 5.67. The van der Waals surface area contributed by atoms with Gasteiger partial charge < -0.3 is 15.7 Å². The van der Waals surface area contributed by atoms with Gasteiger partial charge in [0.2, 0.25) is 5.91 Å². The Balaban J connectivity index is 1.49. The molecule has 4 rings (SSSR count). The molecule has 0 aliphatic heterocycles. The summed E-state index contributed by atoms with van der Waals surface area (Å²) >= 11 is 7.05. The number of benzene rings is 4. The summed E-state index contributed by atoms with van der Waals surface area (Å²) in [4.78, 5) is 38.1. The zero-order valence-corrected chi connectivity index (χ0v) is 20.5. The summed E-state index contributed by atoms with van der Waals surface area (Å²) in [6.07, 6.45) is 0. The average Bonchev–Trinajstić information content (AvgIpc) is 2.85. The van der Waals surface area contributed by atoms with E-state index in [-0.39, 0.29) is 22.1 Å². The summed E-state index contributed by atoms with van der Waals surface area (Å²) in [6, 6.07) is 20.8. The van der Waals surface area contributed by atoms with Crippen LogP contribution in [0, 0.1) is 5.82 Å². The maximum absolute atomic E-state index is 13.3. The first-order valence-corrected chi connectivity index (χ1v) is 12.1. The molecule has 4 aromatic rings. The van der Waals surface area contributed by atoms with Crippen LogP contribution in [0.4, 0.5) is 15.8 Å². The normalized spacial score (nSPS) is 11.6. The highest BCUT2D eigenvalue weighted by Crippen LogP contribution is 2.29. The number of amides is 2. The van der Waals surface area contributed by atoms with Crippen LogP contribution >= 0.6 is 23.4 Å². The molecule has 0 aromatic heterocycles. The number of anilines is 2. The molecule has 1 unspecified atom stereocenters. The number of hydrogen-bond acceptors (Lipinski definition) is 4. The quantitative estimate of drug-likeness (QED) is 0.235. The molecule has 0 bridgehead atoms. The molecule has 9 heteroatoms. The summed E-state index contributed by atoms with van der Waals surface area (Å²) in [5.74, 6) is -2.43. The highest BCUT2D eigenvalue weighted by atomic mass is 35.5. The Labute approximate surface area is 215 Å². The molecule has 0 fully saturated rings. The van der Waals surface area contributed by atoms with Crippen molar-refractivity contribution in [2.24, 2.45) is 0 Å². The summed E-state index contributed by atoms with van der Waals surface area (Å²) in [6.45, 7) is 1.72. The highest BCUT2D eigenvalue weighted by Gasteiger charge is 2.18. The molecule has 0 spiro atoms. The first-order valence-electron chi connectivity index (χ1n) is 10.8. The van der Waals surface area contributed by atoms with Crippen molar-refractivity contribution in [3.63, 3.8) is 0 Å². The fourth-order valence-corrected chi connectivity index (χ4v) is 4.74. The van der Waals surface area contributed by atoms with E-state index in [1.54, 1.807) is 61.5 Å². The van der Waals surface area contributed by atoms with Gasteiger partial charge in [-0.25, -0.2) is 9.18 Å². The van der Waals surface area contributed by atoms with Crippen LogP contribution in [0.2, 0.25) is 5.02 Å². The second-order valence-electron chi connectivity index (χ2n) is 7.87. The summed E-state index contributed by atoms with van der Waals surface area (Å²) in [7, 11) is 0. The van der Waals surface area contributed by atoms with Gasteiger partial charge in [0, 0.05) is 27.2 Å². The summed E-state index contributed by atoms with van der Waals surface area (Å²) in [5.41, 5.74) is 1.17. The molecule has 0 aliphatic carbocycles. The van der Waals surface area contributed by atoms with Gasteiger partial charge in [-0.2, -0.15) is 0 Å². The number of thioether (sulfide) groups is 1. The number of carboxylic acids is 1. The number of aromatic carboxylic acids is 1. The van der Waals surface area contributed by atoms with Crippen LogP contribution in [0.15, 0.2) is 83.8 Å². The van der Waals surface area contributed by atoms with Gasteiger partial charge in [-0.1, -0.05) is 41.9 Å². The lowest BCUT2D eigenvalue weighted by atomic mass is 9.98. The lowest BCUT2D eigenvalue weighted by molar-refractivity contribution is -0.115. The molecule has 6 nitrogen and oxygen atoms in total. The van der Waals surface area contributed by atoms with Crippen LogP contribution in [0.5, 0.6) is 0 Å². The van der Waals surface area contributed by atoms with Gasteiger partial charge in [0.15, 0.2) is 0 Å². The molecule has 2 amide bonds.